The molecule has 0 aliphatic carbocycles. The Labute approximate surface area is 165 Å². The summed E-state index contributed by atoms with van der Waals surface area (Å²) in [6.45, 7) is 3.29. The van der Waals surface area contributed by atoms with Crippen LogP contribution < -0.4 is 10.6 Å². The molecule has 0 bridgehead atoms. The second kappa shape index (κ2) is 7.81. The minimum absolute atomic E-state index is 0.0117. The summed E-state index contributed by atoms with van der Waals surface area (Å²) in [7, 11) is 0. The average Bonchev–Trinajstić information content (AvgIpc) is 3.26. The highest BCUT2D eigenvalue weighted by molar-refractivity contribution is 5.90. The standard InChI is InChI=1S/C21H28N4O3/c26-18-13-21(15-25(18)10-4-7-16-5-2-1-3-6-16)8-11-24(12-9-21)19(27)17-14-22-20(28)23-17/h1-3,5-6,17H,4,7-15H2,(H2,22,23,28). The summed E-state index contributed by atoms with van der Waals surface area (Å²) in [5.41, 5.74) is 1.32. The van der Waals surface area contributed by atoms with Crippen LogP contribution in [0.1, 0.15) is 31.2 Å². The van der Waals surface area contributed by atoms with Crippen molar-refractivity contribution in [1.82, 2.24) is 20.4 Å². The second-order valence-corrected chi connectivity index (χ2v) is 8.31. The van der Waals surface area contributed by atoms with E-state index in [1.165, 1.54) is 5.56 Å². The van der Waals surface area contributed by atoms with Gasteiger partial charge in [0, 0.05) is 44.6 Å². The van der Waals surface area contributed by atoms with E-state index < -0.39 is 6.04 Å². The number of carbonyl (C=O) groups excluding carboxylic acids is 3. The van der Waals surface area contributed by atoms with Gasteiger partial charge in [0.05, 0.1) is 0 Å². The second-order valence-electron chi connectivity index (χ2n) is 8.31. The fourth-order valence-corrected chi connectivity index (χ4v) is 4.66. The first kappa shape index (κ1) is 18.8. The summed E-state index contributed by atoms with van der Waals surface area (Å²) in [4.78, 5) is 40.2. The topological polar surface area (TPSA) is 81.8 Å². The molecule has 3 aliphatic heterocycles. The van der Waals surface area contributed by atoms with Gasteiger partial charge < -0.3 is 20.4 Å². The van der Waals surface area contributed by atoms with Crippen molar-refractivity contribution in [2.45, 2.75) is 38.1 Å². The number of benzene rings is 1. The molecule has 28 heavy (non-hydrogen) atoms. The molecular formula is C21H28N4O3. The molecule has 3 heterocycles. The monoisotopic (exact) mass is 384 g/mol. The van der Waals surface area contributed by atoms with Gasteiger partial charge in [-0.25, -0.2) is 4.79 Å². The Morgan fingerprint density at radius 1 is 1.14 bits per heavy atom. The SMILES string of the molecule is O=C1NCC(C(=O)N2CCC3(CC2)CC(=O)N(CCCc2ccccc2)C3)N1. The van der Waals surface area contributed by atoms with Crippen molar-refractivity contribution in [3.8, 4) is 0 Å². The summed E-state index contributed by atoms with van der Waals surface area (Å²) >= 11 is 0. The van der Waals surface area contributed by atoms with Crippen LogP contribution in [-0.4, -0.2) is 66.4 Å². The van der Waals surface area contributed by atoms with Crippen LogP contribution in [0.5, 0.6) is 0 Å². The van der Waals surface area contributed by atoms with Crippen molar-refractivity contribution < 1.29 is 14.4 Å². The minimum Gasteiger partial charge on any atom is -0.342 e. The van der Waals surface area contributed by atoms with E-state index in [9.17, 15) is 14.4 Å². The Morgan fingerprint density at radius 2 is 1.89 bits per heavy atom. The molecule has 7 heteroatoms. The molecule has 1 aromatic carbocycles. The Hall–Kier alpha value is -2.57. The number of hydrogen-bond acceptors (Lipinski definition) is 3. The highest BCUT2D eigenvalue weighted by Crippen LogP contribution is 2.41. The normalized spacial score (nSPS) is 23.8. The number of likely N-dealkylation sites (tertiary alicyclic amines) is 2. The van der Waals surface area contributed by atoms with E-state index in [4.69, 9.17) is 0 Å². The lowest BCUT2D eigenvalue weighted by atomic mass is 9.77. The predicted octanol–water partition coefficient (Wildman–Crippen LogP) is 1.14. The molecule has 1 unspecified atom stereocenters. The van der Waals surface area contributed by atoms with Gasteiger partial charge in [-0.05, 0) is 31.2 Å². The molecule has 0 saturated carbocycles. The summed E-state index contributed by atoms with van der Waals surface area (Å²) in [5, 5.41) is 5.29. The molecule has 4 rings (SSSR count). The Bertz CT molecular complexity index is 743. The number of carbonyl (C=O) groups is 3. The summed E-state index contributed by atoms with van der Waals surface area (Å²) in [6.07, 6.45) is 4.27. The number of hydrogen-bond donors (Lipinski definition) is 2. The third-order valence-electron chi connectivity index (χ3n) is 6.35. The van der Waals surface area contributed by atoms with Crippen LogP contribution in [0.4, 0.5) is 4.79 Å². The van der Waals surface area contributed by atoms with Crippen molar-refractivity contribution in [3.63, 3.8) is 0 Å². The maximum absolute atomic E-state index is 12.5. The van der Waals surface area contributed by atoms with E-state index in [-0.39, 0.29) is 23.3 Å². The van der Waals surface area contributed by atoms with E-state index >= 15 is 0 Å². The first-order valence-corrected chi connectivity index (χ1v) is 10.2. The zero-order valence-corrected chi connectivity index (χ0v) is 16.2. The summed E-state index contributed by atoms with van der Waals surface area (Å²) < 4.78 is 0. The molecule has 3 fully saturated rings. The van der Waals surface area contributed by atoms with E-state index in [1.807, 2.05) is 28.0 Å². The van der Waals surface area contributed by atoms with Gasteiger partial charge in [-0.15, -0.1) is 0 Å². The van der Waals surface area contributed by atoms with Crippen LogP contribution >= 0.6 is 0 Å². The predicted molar refractivity (Wildman–Crippen MR) is 105 cm³/mol. The van der Waals surface area contributed by atoms with Crippen molar-refractivity contribution in [2.24, 2.45) is 5.41 Å². The van der Waals surface area contributed by atoms with Gasteiger partial charge >= 0.3 is 6.03 Å². The minimum atomic E-state index is -0.457. The Balaban J connectivity index is 1.25. The first-order valence-electron chi connectivity index (χ1n) is 10.2. The largest absolute Gasteiger partial charge is 0.342 e. The number of piperidine rings is 1. The van der Waals surface area contributed by atoms with Crippen LogP contribution in [-0.2, 0) is 16.0 Å². The average molecular weight is 384 g/mol. The van der Waals surface area contributed by atoms with Crippen LogP contribution in [0.3, 0.4) is 0 Å². The molecule has 1 spiro atoms. The number of nitrogens with zero attached hydrogens (tertiary/aromatic N) is 2. The van der Waals surface area contributed by atoms with Gasteiger partial charge in [0.2, 0.25) is 11.8 Å². The maximum atomic E-state index is 12.5. The molecule has 7 nitrogen and oxygen atoms in total. The fraction of sp³-hybridized carbons (Fsp3) is 0.571. The molecule has 0 aromatic heterocycles. The summed E-state index contributed by atoms with van der Waals surface area (Å²) in [5.74, 6) is 0.234. The van der Waals surface area contributed by atoms with E-state index in [0.717, 1.165) is 38.8 Å². The van der Waals surface area contributed by atoms with Gasteiger partial charge in [0.25, 0.3) is 0 Å². The highest BCUT2D eigenvalue weighted by Gasteiger charge is 2.45. The lowest BCUT2D eigenvalue weighted by molar-refractivity contribution is -0.134. The molecule has 1 aromatic rings. The molecule has 1 atom stereocenters. The van der Waals surface area contributed by atoms with Crippen LogP contribution in [0, 0.1) is 5.41 Å². The van der Waals surface area contributed by atoms with Gasteiger partial charge in [0.15, 0.2) is 0 Å². The molecule has 0 radical (unpaired) electrons. The lowest BCUT2D eigenvalue weighted by Gasteiger charge is -2.39. The van der Waals surface area contributed by atoms with Gasteiger partial charge in [0.1, 0.15) is 6.04 Å². The number of amides is 4. The zero-order chi connectivity index (χ0) is 19.6. The molecule has 150 valence electrons. The third kappa shape index (κ3) is 3.98. The smallest absolute Gasteiger partial charge is 0.315 e. The van der Waals surface area contributed by atoms with Crippen molar-refractivity contribution in [3.05, 3.63) is 35.9 Å². The van der Waals surface area contributed by atoms with Crippen LogP contribution in [0.2, 0.25) is 0 Å². The molecule has 4 amide bonds. The quantitative estimate of drug-likeness (QED) is 0.799. The number of rotatable bonds is 5. The van der Waals surface area contributed by atoms with Crippen LogP contribution in [0.25, 0.3) is 0 Å². The number of urea groups is 1. The van der Waals surface area contributed by atoms with Crippen molar-refractivity contribution >= 4 is 17.8 Å². The van der Waals surface area contributed by atoms with E-state index in [0.29, 0.717) is 26.1 Å². The summed E-state index contributed by atoms with van der Waals surface area (Å²) in [6, 6.07) is 9.64. The zero-order valence-electron chi connectivity index (χ0n) is 16.2. The van der Waals surface area contributed by atoms with Crippen molar-refractivity contribution in [2.75, 3.05) is 32.7 Å². The van der Waals surface area contributed by atoms with E-state index in [1.54, 1.807) is 0 Å². The molecule has 3 saturated heterocycles. The molecular weight excluding hydrogens is 356 g/mol. The molecule has 3 aliphatic rings. The van der Waals surface area contributed by atoms with E-state index in [2.05, 4.69) is 22.8 Å². The maximum Gasteiger partial charge on any atom is 0.315 e. The number of nitrogens with one attached hydrogen (secondary N) is 2. The fourth-order valence-electron chi connectivity index (χ4n) is 4.66. The highest BCUT2D eigenvalue weighted by atomic mass is 16.2. The van der Waals surface area contributed by atoms with Gasteiger partial charge in [-0.3, -0.25) is 9.59 Å². The van der Waals surface area contributed by atoms with Crippen LogP contribution in [0.15, 0.2) is 30.3 Å². The third-order valence-corrected chi connectivity index (χ3v) is 6.35. The first-order chi connectivity index (χ1) is 13.5. The Kier molecular flexibility index (Phi) is 5.24. The van der Waals surface area contributed by atoms with Gasteiger partial charge in [-0.1, -0.05) is 30.3 Å². The van der Waals surface area contributed by atoms with Crippen molar-refractivity contribution in [1.29, 1.82) is 0 Å². The molecule has 2 N–H and O–H groups in total. The lowest BCUT2D eigenvalue weighted by Crippen LogP contribution is -2.50. The Morgan fingerprint density at radius 3 is 2.57 bits per heavy atom. The van der Waals surface area contributed by atoms with Gasteiger partial charge in [-0.2, -0.15) is 0 Å². The number of aryl methyl sites for hydroxylation is 1.